The molecule has 3 saturated heterocycles. The predicted molar refractivity (Wildman–Crippen MR) is 82.5 cm³/mol. The van der Waals surface area contributed by atoms with Crippen molar-refractivity contribution in [3.05, 3.63) is 0 Å². The summed E-state index contributed by atoms with van der Waals surface area (Å²) in [6, 6.07) is 0.128. The number of fused-ring (bicyclic) bond motifs is 1. The second-order valence-corrected chi connectivity index (χ2v) is 7.54. The molecule has 128 valence electrons. The number of piperidine rings is 1. The largest absolute Gasteiger partial charge is 0.393 e. The quantitative estimate of drug-likeness (QED) is 0.798. The molecule has 6 nitrogen and oxygen atoms in total. The van der Waals surface area contributed by atoms with Gasteiger partial charge >= 0.3 is 0 Å². The molecule has 1 N–H and O–H groups in total. The van der Waals surface area contributed by atoms with Crippen LogP contribution < -0.4 is 0 Å². The van der Waals surface area contributed by atoms with Crippen LogP contribution in [0.25, 0.3) is 0 Å². The smallest absolute Gasteiger partial charge is 0.227 e. The van der Waals surface area contributed by atoms with Gasteiger partial charge in [-0.05, 0) is 38.5 Å². The first-order valence-corrected chi connectivity index (χ1v) is 9.02. The highest BCUT2D eigenvalue weighted by Gasteiger charge is 2.47. The van der Waals surface area contributed by atoms with Crippen LogP contribution in [-0.4, -0.2) is 71.2 Å². The molecule has 4 aliphatic rings. The Morgan fingerprint density at radius 3 is 2.43 bits per heavy atom. The van der Waals surface area contributed by atoms with Gasteiger partial charge in [-0.2, -0.15) is 0 Å². The van der Waals surface area contributed by atoms with Crippen LogP contribution in [-0.2, 0) is 14.3 Å². The van der Waals surface area contributed by atoms with Gasteiger partial charge < -0.3 is 19.6 Å². The number of aliphatic hydroxyl groups is 1. The van der Waals surface area contributed by atoms with Gasteiger partial charge in [0.05, 0.1) is 24.2 Å². The number of amides is 2. The van der Waals surface area contributed by atoms with Gasteiger partial charge in [-0.3, -0.25) is 9.59 Å². The average Bonchev–Trinajstić information content (AvgIpc) is 3.20. The lowest BCUT2D eigenvalue weighted by atomic mass is 9.79. The van der Waals surface area contributed by atoms with Crippen molar-refractivity contribution in [3.63, 3.8) is 0 Å². The van der Waals surface area contributed by atoms with Crippen LogP contribution in [0.1, 0.15) is 38.5 Å². The number of ether oxygens (including phenoxy) is 1. The minimum absolute atomic E-state index is 0.00857. The maximum Gasteiger partial charge on any atom is 0.227 e. The van der Waals surface area contributed by atoms with Crippen LogP contribution in [0.4, 0.5) is 0 Å². The molecule has 0 aromatic carbocycles. The zero-order valence-electron chi connectivity index (χ0n) is 13.5. The van der Waals surface area contributed by atoms with Crippen LogP contribution in [0.5, 0.6) is 0 Å². The lowest BCUT2D eigenvalue weighted by molar-refractivity contribution is -0.153. The summed E-state index contributed by atoms with van der Waals surface area (Å²) in [6.07, 6.45) is 4.61. The van der Waals surface area contributed by atoms with Crippen LogP contribution in [0, 0.1) is 11.8 Å². The third-order valence-corrected chi connectivity index (χ3v) is 6.02. The molecular formula is C17H26N2O4. The molecule has 3 atom stereocenters. The number of nitrogens with zero attached hydrogens (tertiary/aromatic N) is 2. The molecule has 1 aliphatic carbocycles. The number of carbonyl (C=O) groups excluding carboxylic acids is 2. The topological polar surface area (TPSA) is 70.1 Å². The highest BCUT2D eigenvalue weighted by Crippen LogP contribution is 2.36. The molecule has 3 heterocycles. The number of likely N-dealkylation sites (tertiary alicyclic amines) is 2. The predicted octanol–water partition coefficient (Wildman–Crippen LogP) is 0.386. The van der Waals surface area contributed by atoms with E-state index < -0.39 is 0 Å². The Morgan fingerprint density at radius 2 is 1.74 bits per heavy atom. The standard InChI is InChI=1S/C17H26N2O4/c20-13-7-11(8-13)17(22)19-10-12(9-15-14(19)3-6-23-15)16(21)18-4-1-2-5-18/h11-15,20H,1-10H2/t11?,12-,13?,14-,15-/m1/s1. The van der Waals surface area contributed by atoms with Crippen molar-refractivity contribution < 1.29 is 19.4 Å². The van der Waals surface area contributed by atoms with Crippen LogP contribution >= 0.6 is 0 Å². The molecule has 3 aliphatic heterocycles. The highest BCUT2D eigenvalue weighted by atomic mass is 16.5. The van der Waals surface area contributed by atoms with Crippen molar-refractivity contribution in [3.8, 4) is 0 Å². The average molecular weight is 322 g/mol. The number of rotatable bonds is 2. The second-order valence-electron chi connectivity index (χ2n) is 7.54. The zero-order valence-corrected chi connectivity index (χ0v) is 13.5. The maximum atomic E-state index is 12.8. The normalized spacial score (nSPS) is 40.0. The van der Waals surface area contributed by atoms with Gasteiger partial charge in [-0.15, -0.1) is 0 Å². The number of hydrogen-bond acceptors (Lipinski definition) is 4. The van der Waals surface area contributed by atoms with Crippen LogP contribution in [0.3, 0.4) is 0 Å². The highest BCUT2D eigenvalue weighted by molar-refractivity contribution is 5.83. The van der Waals surface area contributed by atoms with Crippen molar-refractivity contribution in [1.82, 2.24) is 9.80 Å². The maximum absolute atomic E-state index is 12.8. The van der Waals surface area contributed by atoms with Crippen molar-refractivity contribution in [2.75, 3.05) is 26.2 Å². The molecule has 0 spiro atoms. The third kappa shape index (κ3) is 2.76. The van der Waals surface area contributed by atoms with E-state index in [4.69, 9.17) is 4.74 Å². The molecule has 0 radical (unpaired) electrons. The summed E-state index contributed by atoms with van der Waals surface area (Å²) in [7, 11) is 0. The number of carbonyl (C=O) groups is 2. The third-order valence-electron chi connectivity index (χ3n) is 6.02. The summed E-state index contributed by atoms with van der Waals surface area (Å²) in [5.41, 5.74) is 0. The summed E-state index contributed by atoms with van der Waals surface area (Å²) in [5.74, 6) is 0.130. The van der Waals surface area contributed by atoms with E-state index in [2.05, 4.69) is 0 Å². The van der Waals surface area contributed by atoms with E-state index >= 15 is 0 Å². The van der Waals surface area contributed by atoms with E-state index in [0.29, 0.717) is 26.0 Å². The summed E-state index contributed by atoms with van der Waals surface area (Å²) in [4.78, 5) is 29.4. The Bertz CT molecular complexity index is 485. The summed E-state index contributed by atoms with van der Waals surface area (Å²) < 4.78 is 5.82. The molecule has 0 aromatic heterocycles. The van der Waals surface area contributed by atoms with Gasteiger partial charge in [-0.1, -0.05) is 0 Å². The van der Waals surface area contributed by atoms with Gasteiger partial charge in [0.1, 0.15) is 0 Å². The van der Waals surface area contributed by atoms with Crippen molar-refractivity contribution >= 4 is 11.8 Å². The van der Waals surface area contributed by atoms with E-state index in [1.165, 1.54) is 0 Å². The molecule has 0 bridgehead atoms. The molecule has 2 amide bonds. The Kier molecular flexibility index (Phi) is 4.05. The molecule has 0 unspecified atom stereocenters. The SMILES string of the molecule is O=C([C@@H]1C[C@H]2OCC[C@H]2N(C(=O)C2CC(O)C2)C1)N1CCCC1. The monoisotopic (exact) mass is 322 g/mol. The summed E-state index contributed by atoms with van der Waals surface area (Å²) >= 11 is 0. The fraction of sp³-hybridized carbons (Fsp3) is 0.882. The van der Waals surface area contributed by atoms with Gasteiger partial charge in [0, 0.05) is 32.2 Å². The minimum Gasteiger partial charge on any atom is -0.393 e. The van der Waals surface area contributed by atoms with E-state index in [9.17, 15) is 14.7 Å². The van der Waals surface area contributed by atoms with E-state index in [-0.39, 0.29) is 41.9 Å². The van der Waals surface area contributed by atoms with Gasteiger partial charge in [0.15, 0.2) is 0 Å². The van der Waals surface area contributed by atoms with Gasteiger partial charge in [0.2, 0.25) is 11.8 Å². The Morgan fingerprint density at radius 1 is 1.00 bits per heavy atom. The molecule has 4 rings (SSSR count). The van der Waals surface area contributed by atoms with Crippen LogP contribution in [0.2, 0.25) is 0 Å². The Labute approximate surface area is 136 Å². The van der Waals surface area contributed by atoms with Gasteiger partial charge in [0.25, 0.3) is 0 Å². The first-order chi connectivity index (χ1) is 11.1. The first-order valence-electron chi connectivity index (χ1n) is 9.02. The number of hydrogen-bond donors (Lipinski definition) is 1. The van der Waals surface area contributed by atoms with E-state index in [1.54, 1.807) is 0 Å². The van der Waals surface area contributed by atoms with Crippen molar-refractivity contribution in [2.45, 2.75) is 56.8 Å². The fourth-order valence-electron chi connectivity index (χ4n) is 4.60. The Hall–Kier alpha value is -1.14. The minimum atomic E-state index is -0.327. The second kappa shape index (κ2) is 6.06. The van der Waals surface area contributed by atoms with Gasteiger partial charge in [-0.25, -0.2) is 0 Å². The molecule has 1 saturated carbocycles. The summed E-state index contributed by atoms with van der Waals surface area (Å²) in [5, 5.41) is 9.48. The van der Waals surface area contributed by atoms with E-state index in [1.807, 2.05) is 9.80 Å². The lowest BCUT2D eigenvalue weighted by Gasteiger charge is -2.44. The molecule has 6 heteroatoms. The van der Waals surface area contributed by atoms with Crippen molar-refractivity contribution in [1.29, 1.82) is 0 Å². The summed E-state index contributed by atoms with van der Waals surface area (Å²) in [6.45, 7) is 2.92. The molecule has 0 aromatic rings. The number of aliphatic hydroxyl groups excluding tert-OH is 1. The molecular weight excluding hydrogens is 296 g/mol. The zero-order chi connectivity index (χ0) is 16.0. The van der Waals surface area contributed by atoms with Crippen LogP contribution in [0.15, 0.2) is 0 Å². The fourth-order valence-corrected chi connectivity index (χ4v) is 4.60. The lowest BCUT2D eigenvalue weighted by Crippen LogP contribution is -2.57. The van der Waals surface area contributed by atoms with E-state index in [0.717, 1.165) is 38.8 Å². The Balaban J connectivity index is 1.47. The molecule has 23 heavy (non-hydrogen) atoms. The van der Waals surface area contributed by atoms with Crippen molar-refractivity contribution in [2.24, 2.45) is 11.8 Å². The molecule has 4 fully saturated rings. The first kappa shape index (κ1) is 15.4.